The normalized spacial score (nSPS) is 47.6. The van der Waals surface area contributed by atoms with Gasteiger partial charge in [-0.25, -0.2) is 0 Å². The number of carbonyl (C=O) groups excluding carboxylic acids is 1. The largest absolute Gasteiger partial charge is 0.299 e. The van der Waals surface area contributed by atoms with Gasteiger partial charge in [0.1, 0.15) is 5.78 Å². The topological polar surface area (TPSA) is 17.1 Å². The molecule has 1 nitrogen and oxygen atoms in total. The zero-order chi connectivity index (χ0) is 22.8. The van der Waals surface area contributed by atoms with Crippen LogP contribution in [0.3, 0.4) is 0 Å². The molecular weight excluding hydrogens is 376 g/mol. The van der Waals surface area contributed by atoms with Crippen LogP contribution in [0.2, 0.25) is 0 Å². The summed E-state index contributed by atoms with van der Waals surface area (Å²) in [5.41, 5.74) is 0.968. The summed E-state index contributed by atoms with van der Waals surface area (Å²) in [6.45, 7) is 19.8. The molecule has 4 aliphatic rings. The van der Waals surface area contributed by atoms with E-state index in [0.29, 0.717) is 34.4 Å². The van der Waals surface area contributed by atoms with E-state index in [4.69, 9.17) is 0 Å². The fraction of sp³-hybridized carbons (Fsp3) is 0.967. The maximum absolute atomic E-state index is 14.1. The molecule has 4 fully saturated rings. The Kier molecular flexibility index (Phi) is 6.05. The van der Waals surface area contributed by atoms with Gasteiger partial charge >= 0.3 is 0 Å². The van der Waals surface area contributed by atoms with E-state index in [-0.39, 0.29) is 10.8 Å². The molecule has 0 aliphatic heterocycles. The molecule has 4 aliphatic carbocycles. The molecule has 1 heteroatoms. The van der Waals surface area contributed by atoms with E-state index in [1.807, 2.05) is 0 Å². The number of hydrogen-bond acceptors (Lipinski definition) is 1. The molecule has 0 heterocycles. The number of Topliss-reactive ketones (excluding diaryl/α,β-unsaturated/α-hetero) is 1. The van der Waals surface area contributed by atoms with E-state index in [1.165, 1.54) is 64.2 Å². The lowest BCUT2D eigenvalue weighted by Crippen LogP contribution is -2.62. The Bertz CT molecular complexity index is 691. The first-order chi connectivity index (χ1) is 14.4. The van der Waals surface area contributed by atoms with Crippen molar-refractivity contribution in [2.45, 2.75) is 126 Å². The predicted octanol–water partition coefficient (Wildman–Crippen LogP) is 8.70. The van der Waals surface area contributed by atoms with E-state index in [9.17, 15) is 4.79 Å². The van der Waals surface area contributed by atoms with Crippen molar-refractivity contribution in [3.63, 3.8) is 0 Å². The van der Waals surface area contributed by atoms with Gasteiger partial charge in [0.25, 0.3) is 0 Å². The summed E-state index contributed by atoms with van der Waals surface area (Å²) in [7, 11) is 0. The van der Waals surface area contributed by atoms with Gasteiger partial charge in [-0.05, 0) is 90.3 Å². The van der Waals surface area contributed by atoms with Crippen molar-refractivity contribution < 1.29 is 4.79 Å². The van der Waals surface area contributed by atoms with Gasteiger partial charge in [0.2, 0.25) is 0 Å². The van der Waals surface area contributed by atoms with Gasteiger partial charge in [-0.3, -0.25) is 4.79 Å². The van der Waals surface area contributed by atoms with Gasteiger partial charge in [0.15, 0.2) is 0 Å². The zero-order valence-electron chi connectivity index (χ0n) is 22.2. The Hall–Kier alpha value is -0.330. The minimum Gasteiger partial charge on any atom is -0.299 e. The van der Waals surface area contributed by atoms with Gasteiger partial charge in [-0.1, -0.05) is 81.1 Å². The van der Waals surface area contributed by atoms with Gasteiger partial charge in [0.05, 0.1) is 0 Å². The minimum atomic E-state index is -0.0845. The quantitative estimate of drug-likeness (QED) is 0.428. The monoisotopic (exact) mass is 428 g/mol. The fourth-order valence-corrected chi connectivity index (χ4v) is 10.3. The Morgan fingerprint density at radius 2 is 1.58 bits per heavy atom. The first-order valence-electron chi connectivity index (χ1n) is 13.9. The van der Waals surface area contributed by atoms with Crippen LogP contribution in [0.1, 0.15) is 126 Å². The number of ketones is 1. The zero-order valence-corrected chi connectivity index (χ0v) is 22.2. The highest BCUT2D eigenvalue weighted by Gasteiger charge is 2.69. The molecule has 1 unspecified atom stereocenters. The molecule has 0 aromatic heterocycles. The summed E-state index contributed by atoms with van der Waals surface area (Å²) < 4.78 is 0. The van der Waals surface area contributed by atoms with Crippen LogP contribution >= 0.6 is 0 Å². The molecule has 0 amide bonds. The van der Waals surface area contributed by atoms with Crippen molar-refractivity contribution in [2.75, 3.05) is 0 Å². The molecular formula is C30H52O. The highest BCUT2D eigenvalue weighted by atomic mass is 16.1. The van der Waals surface area contributed by atoms with Crippen molar-refractivity contribution >= 4 is 5.78 Å². The summed E-state index contributed by atoms with van der Waals surface area (Å²) in [6, 6.07) is 0. The van der Waals surface area contributed by atoms with E-state index in [1.54, 1.807) is 0 Å². The van der Waals surface area contributed by atoms with E-state index < -0.39 is 0 Å². The Labute approximate surface area is 193 Å². The van der Waals surface area contributed by atoms with Crippen LogP contribution in [0.4, 0.5) is 0 Å². The van der Waals surface area contributed by atoms with Crippen LogP contribution in [0.5, 0.6) is 0 Å². The fourth-order valence-electron chi connectivity index (χ4n) is 10.3. The minimum absolute atomic E-state index is 0.0845. The van der Waals surface area contributed by atoms with E-state index in [0.717, 1.165) is 24.2 Å². The number of fused-ring (bicyclic) bond motifs is 5. The first kappa shape index (κ1) is 23.8. The smallest absolute Gasteiger partial charge is 0.139 e. The van der Waals surface area contributed by atoms with E-state index >= 15 is 0 Å². The predicted molar refractivity (Wildman–Crippen MR) is 132 cm³/mol. The highest BCUT2D eigenvalue weighted by Crippen LogP contribution is 2.73. The molecule has 0 bridgehead atoms. The molecule has 31 heavy (non-hydrogen) atoms. The summed E-state index contributed by atoms with van der Waals surface area (Å²) in [5, 5.41) is 0. The van der Waals surface area contributed by atoms with Gasteiger partial charge in [-0.2, -0.15) is 0 Å². The first-order valence-corrected chi connectivity index (χ1v) is 13.9. The van der Waals surface area contributed by atoms with Crippen LogP contribution in [-0.4, -0.2) is 5.78 Å². The van der Waals surface area contributed by atoms with Gasteiger partial charge < -0.3 is 0 Å². The summed E-state index contributed by atoms with van der Waals surface area (Å²) >= 11 is 0. The highest BCUT2D eigenvalue weighted by molar-refractivity contribution is 5.87. The molecule has 178 valence electrons. The summed E-state index contributed by atoms with van der Waals surface area (Å²) in [6.07, 6.45) is 14.3. The average molecular weight is 429 g/mol. The summed E-state index contributed by atoms with van der Waals surface area (Å²) in [5.74, 6) is 4.94. The third-order valence-electron chi connectivity index (χ3n) is 12.2. The second kappa shape index (κ2) is 7.87. The lowest BCUT2D eigenvalue weighted by Gasteiger charge is -2.66. The van der Waals surface area contributed by atoms with Gasteiger partial charge in [0, 0.05) is 11.8 Å². The van der Waals surface area contributed by atoms with Crippen LogP contribution in [0.15, 0.2) is 0 Å². The molecule has 0 N–H and O–H groups in total. The maximum Gasteiger partial charge on any atom is 0.139 e. The average Bonchev–Trinajstić information content (AvgIpc) is 2.95. The number of carbonyl (C=O) groups is 1. The number of rotatable bonds is 5. The molecule has 4 saturated carbocycles. The molecule has 0 aromatic rings. The summed E-state index contributed by atoms with van der Waals surface area (Å²) in [4.78, 5) is 14.1. The molecule has 0 saturated heterocycles. The molecule has 4 rings (SSSR count). The van der Waals surface area contributed by atoms with Crippen molar-refractivity contribution in [1.82, 2.24) is 0 Å². The van der Waals surface area contributed by atoms with Crippen molar-refractivity contribution in [2.24, 2.45) is 57.2 Å². The second-order valence-corrected chi connectivity index (χ2v) is 14.4. The third kappa shape index (κ3) is 3.41. The van der Waals surface area contributed by atoms with Crippen molar-refractivity contribution in [3.05, 3.63) is 0 Å². The SMILES string of the molecule is CC(C)CCC[C@@H](C)[C@H]1CC[C@@]2(C)[C@@H]3CCC4C(C)(C)CCC[C@]4(C)[C@H]3CC(=O)[C@]12C. The van der Waals surface area contributed by atoms with Gasteiger partial charge in [-0.15, -0.1) is 0 Å². The van der Waals surface area contributed by atoms with Crippen molar-refractivity contribution in [1.29, 1.82) is 0 Å². The van der Waals surface area contributed by atoms with Crippen molar-refractivity contribution in [3.8, 4) is 0 Å². The lowest BCUT2D eigenvalue weighted by molar-refractivity contribution is -0.186. The lowest BCUT2D eigenvalue weighted by atomic mass is 9.38. The molecule has 0 radical (unpaired) electrons. The number of hydrogen-bond donors (Lipinski definition) is 0. The Morgan fingerprint density at radius 3 is 2.26 bits per heavy atom. The second-order valence-electron chi connectivity index (χ2n) is 14.4. The Morgan fingerprint density at radius 1 is 0.871 bits per heavy atom. The molecule has 0 aromatic carbocycles. The van der Waals surface area contributed by atoms with Crippen LogP contribution in [0, 0.1) is 57.2 Å². The van der Waals surface area contributed by atoms with Crippen LogP contribution in [0.25, 0.3) is 0 Å². The molecule has 0 spiro atoms. The van der Waals surface area contributed by atoms with Crippen LogP contribution in [-0.2, 0) is 4.79 Å². The van der Waals surface area contributed by atoms with E-state index in [2.05, 4.69) is 55.4 Å². The Balaban J connectivity index is 1.61. The third-order valence-corrected chi connectivity index (χ3v) is 12.2. The van der Waals surface area contributed by atoms with Crippen LogP contribution < -0.4 is 0 Å². The maximum atomic E-state index is 14.1. The molecule has 8 atom stereocenters. The standard InChI is InChI=1S/C30H52O/c1-20(2)11-9-12-21(3)22-15-18-29(7)23-13-14-25-27(4,5)16-10-17-28(25,6)24(23)19-26(31)30(22,29)8/h20-25H,9-19H2,1-8H3/t21-,22-,23-,24+,25?,28-,29+,30+/m1/s1.